The average Bonchev–Trinajstić information content (AvgIpc) is 2.28. The minimum absolute atomic E-state index is 0.0478. The van der Waals surface area contributed by atoms with E-state index in [4.69, 9.17) is 10.5 Å². The minimum Gasteiger partial charge on any atom is -0.467 e. The number of nitrogens with two attached hydrogens (primary N) is 1. The quantitative estimate of drug-likeness (QED) is 0.628. The topological polar surface area (TPSA) is 61.6 Å². The maximum atomic E-state index is 13.5. The molecule has 0 spiro atoms. The van der Waals surface area contributed by atoms with Gasteiger partial charge in [0.15, 0.2) is 6.79 Å². The number of halogens is 1. The van der Waals surface area contributed by atoms with E-state index in [1.165, 1.54) is 19.2 Å². The summed E-state index contributed by atoms with van der Waals surface area (Å²) in [6.45, 7) is 0.0478. The van der Waals surface area contributed by atoms with Crippen LogP contribution in [0.15, 0.2) is 18.2 Å². The summed E-state index contributed by atoms with van der Waals surface area (Å²) in [4.78, 5) is 10.4. The molecule has 2 N–H and O–H groups in total. The van der Waals surface area contributed by atoms with Gasteiger partial charge in [0.1, 0.15) is 11.6 Å². The van der Waals surface area contributed by atoms with Gasteiger partial charge in [-0.1, -0.05) is 11.8 Å². The Bertz CT molecular complexity index is 463. The van der Waals surface area contributed by atoms with Crippen LogP contribution in [0.5, 0.6) is 5.75 Å². The summed E-state index contributed by atoms with van der Waals surface area (Å²) in [5.41, 5.74) is 5.10. The Morgan fingerprint density at radius 1 is 1.53 bits per heavy atom. The molecule has 0 unspecified atom stereocenters. The minimum atomic E-state index is -0.544. The highest BCUT2D eigenvalue weighted by Gasteiger charge is 2.01. The number of hydrogen-bond donors (Lipinski definition) is 1. The molecular formula is C12H12FNO3. The lowest BCUT2D eigenvalue weighted by Crippen LogP contribution is -2.08. The molecule has 4 nitrogen and oxygen atoms in total. The lowest BCUT2D eigenvalue weighted by atomic mass is 10.2. The molecule has 0 atom stereocenters. The van der Waals surface area contributed by atoms with Gasteiger partial charge in [-0.2, -0.15) is 0 Å². The van der Waals surface area contributed by atoms with Crippen molar-refractivity contribution in [2.45, 2.75) is 6.42 Å². The number of rotatable bonds is 4. The van der Waals surface area contributed by atoms with E-state index in [1.54, 1.807) is 6.07 Å². The third kappa shape index (κ3) is 4.53. The molecule has 0 aliphatic carbocycles. The van der Waals surface area contributed by atoms with Gasteiger partial charge in [-0.05, 0) is 12.1 Å². The predicted octanol–water partition coefficient (Wildman–Crippen LogP) is 1.04. The number of benzene rings is 1. The molecule has 0 saturated carbocycles. The van der Waals surface area contributed by atoms with Gasteiger partial charge in [0.2, 0.25) is 5.91 Å². The molecular weight excluding hydrogens is 225 g/mol. The van der Waals surface area contributed by atoms with Crippen LogP contribution in [-0.4, -0.2) is 19.8 Å². The van der Waals surface area contributed by atoms with Crippen molar-refractivity contribution in [3.63, 3.8) is 0 Å². The molecule has 0 radical (unpaired) electrons. The summed E-state index contributed by atoms with van der Waals surface area (Å²) in [6, 6.07) is 4.23. The second-order valence-electron chi connectivity index (χ2n) is 3.14. The molecule has 0 aliphatic heterocycles. The zero-order valence-electron chi connectivity index (χ0n) is 9.33. The molecule has 90 valence electrons. The number of methoxy groups -OCH3 is 1. The number of carbonyl (C=O) groups excluding carboxylic acids is 1. The first-order valence-corrected chi connectivity index (χ1v) is 4.82. The monoisotopic (exact) mass is 237 g/mol. The Labute approximate surface area is 98.5 Å². The molecule has 1 aromatic carbocycles. The van der Waals surface area contributed by atoms with Gasteiger partial charge in [-0.15, -0.1) is 0 Å². The lowest BCUT2D eigenvalue weighted by molar-refractivity contribution is -0.117. The Morgan fingerprint density at radius 3 is 2.88 bits per heavy atom. The fourth-order valence-corrected chi connectivity index (χ4v) is 1.04. The molecule has 0 heterocycles. The van der Waals surface area contributed by atoms with Gasteiger partial charge < -0.3 is 15.2 Å². The Balaban J connectivity index is 2.74. The van der Waals surface area contributed by atoms with Crippen LogP contribution >= 0.6 is 0 Å². The Hall–Kier alpha value is -2.06. The van der Waals surface area contributed by atoms with E-state index in [0.29, 0.717) is 5.75 Å². The number of ether oxygens (including phenoxy) is 2. The summed E-state index contributed by atoms with van der Waals surface area (Å²) >= 11 is 0. The zero-order chi connectivity index (χ0) is 12.7. The van der Waals surface area contributed by atoms with Crippen LogP contribution in [0.25, 0.3) is 0 Å². The standard InChI is InChI=1S/C12H12FNO3/c1-16-8-17-10-6-5-9(11(13)7-10)3-2-4-12(14)15/h5-7H,4,8H2,1H3,(H2,14,15). The predicted molar refractivity (Wildman–Crippen MR) is 59.6 cm³/mol. The van der Waals surface area contributed by atoms with Crippen LogP contribution in [0, 0.1) is 17.7 Å². The van der Waals surface area contributed by atoms with Gasteiger partial charge in [0, 0.05) is 13.2 Å². The van der Waals surface area contributed by atoms with E-state index in [1.807, 2.05) is 0 Å². The summed E-state index contributed by atoms with van der Waals surface area (Å²) in [6.07, 6.45) is -0.0959. The lowest BCUT2D eigenvalue weighted by Gasteiger charge is -2.04. The van der Waals surface area contributed by atoms with Crippen LogP contribution in [0.4, 0.5) is 4.39 Å². The fraction of sp³-hybridized carbons (Fsp3) is 0.250. The smallest absolute Gasteiger partial charge is 0.229 e. The summed E-state index contributed by atoms with van der Waals surface area (Å²) in [5.74, 6) is 4.28. The van der Waals surface area contributed by atoms with Gasteiger partial charge in [0.05, 0.1) is 12.0 Å². The van der Waals surface area contributed by atoms with Gasteiger partial charge in [-0.25, -0.2) is 4.39 Å². The van der Waals surface area contributed by atoms with Gasteiger partial charge >= 0.3 is 0 Å². The van der Waals surface area contributed by atoms with E-state index in [-0.39, 0.29) is 18.8 Å². The van der Waals surface area contributed by atoms with Crippen LogP contribution in [0.1, 0.15) is 12.0 Å². The van der Waals surface area contributed by atoms with Crippen LogP contribution in [-0.2, 0) is 9.53 Å². The van der Waals surface area contributed by atoms with Crippen molar-refractivity contribution in [1.82, 2.24) is 0 Å². The highest BCUT2D eigenvalue weighted by Crippen LogP contribution is 2.15. The molecule has 0 fully saturated rings. The van der Waals surface area contributed by atoms with Crippen LogP contribution in [0.3, 0.4) is 0 Å². The molecule has 17 heavy (non-hydrogen) atoms. The van der Waals surface area contributed by atoms with Crippen molar-refractivity contribution in [2.75, 3.05) is 13.9 Å². The number of hydrogen-bond acceptors (Lipinski definition) is 3. The first-order valence-electron chi connectivity index (χ1n) is 4.82. The highest BCUT2D eigenvalue weighted by atomic mass is 19.1. The first kappa shape index (κ1) is 13.0. The first-order chi connectivity index (χ1) is 8.13. The molecule has 0 aromatic heterocycles. The third-order valence-electron chi connectivity index (χ3n) is 1.77. The molecule has 0 bridgehead atoms. The SMILES string of the molecule is COCOc1ccc(C#CCC(N)=O)c(F)c1. The average molecular weight is 237 g/mol. The van der Waals surface area contributed by atoms with Crippen molar-refractivity contribution in [3.8, 4) is 17.6 Å². The maximum absolute atomic E-state index is 13.5. The van der Waals surface area contributed by atoms with Gasteiger partial charge in [0.25, 0.3) is 0 Å². The summed E-state index contributed by atoms with van der Waals surface area (Å²) in [7, 11) is 1.47. The summed E-state index contributed by atoms with van der Waals surface area (Å²) < 4.78 is 23.2. The number of primary amides is 1. The second kappa shape index (κ2) is 6.51. The summed E-state index contributed by atoms with van der Waals surface area (Å²) in [5, 5.41) is 0. The zero-order valence-corrected chi connectivity index (χ0v) is 9.33. The second-order valence-corrected chi connectivity index (χ2v) is 3.14. The number of carbonyl (C=O) groups is 1. The number of amides is 1. The van der Waals surface area contributed by atoms with Crippen molar-refractivity contribution >= 4 is 5.91 Å². The highest BCUT2D eigenvalue weighted by molar-refractivity contribution is 5.76. The molecule has 5 heteroatoms. The van der Waals surface area contributed by atoms with Crippen molar-refractivity contribution in [3.05, 3.63) is 29.6 Å². The normalized spacial score (nSPS) is 9.29. The van der Waals surface area contributed by atoms with Crippen molar-refractivity contribution in [1.29, 1.82) is 0 Å². The van der Waals surface area contributed by atoms with E-state index < -0.39 is 11.7 Å². The van der Waals surface area contributed by atoms with Gasteiger partial charge in [-0.3, -0.25) is 4.79 Å². The van der Waals surface area contributed by atoms with Crippen molar-refractivity contribution < 1.29 is 18.7 Å². The van der Waals surface area contributed by atoms with E-state index in [2.05, 4.69) is 16.6 Å². The maximum Gasteiger partial charge on any atom is 0.229 e. The van der Waals surface area contributed by atoms with Crippen molar-refractivity contribution in [2.24, 2.45) is 5.73 Å². The van der Waals surface area contributed by atoms with Crippen LogP contribution in [0.2, 0.25) is 0 Å². The molecule has 1 rings (SSSR count). The van der Waals surface area contributed by atoms with E-state index in [9.17, 15) is 9.18 Å². The molecule has 1 aromatic rings. The van der Waals surface area contributed by atoms with E-state index in [0.717, 1.165) is 0 Å². The fourth-order valence-electron chi connectivity index (χ4n) is 1.04. The molecule has 0 saturated heterocycles. The largest absolute Gasteiger partial charge is 0.467 e. The Kier molecular flexibility index (Phi) is 4.98. The van der Waals surface area contributed by atoms with Crippen LogP contribution < -0.4 is 10.5 Å². The molecule has 1 amide bonds. The third-order valence-corrected chi connectivity index (χ3v) is 1.77. The molecule has 0 aliphatic rings. The Morgan fingerprint density at radius 2 is 2.29 bits per heavy atom. The van der Waals surface area contributed by atoms with E-state index >= 15 is 0 Å².